The number of hydrogen-bond acceptors (Lipinski definition) is 0. The van der Waals surface area contributed by atoms with Gasteiger partial charge in [-0.3, -0.25) is 0 Å². The fourth-order valence-electron chi connectivity index (χ4n) is 5.06. The molecule has 0 aliphatic heterocycles. The van der Waals surface area contributed by atoms with Crippen molar-refractivity contribution >= 4 is 0 Å². The predicted octanol–water partition coefficient (Wildman–Crippen LogP) is 10.9. The molecule has 0 radical (unpaired) electrons. The second kappa shape index (κ2) is 18.6. The quantitative estimate of drug-likeness (QED) is 0.171. The molecule has 0 aliphatic rings. The molecular weight excluding hydrogens is 360 g/mol. The van der Waals surface area contributed by atoms with E-state index in [2.05, 4.69) is 62.3 Å². The van der Waals surface area contributed by atoms with Crippen molar-refractivity contribution in [2.75, 3.05) is 0 Å². The highest BCUT2D eigenvalue weighted by Gasteiger charge is 2.15. The average Bonchev–Trinajstić information content (AvgIpc) is 2.68. The van der Waals surface area contributed by atoms with Crippen LogP contribution >= 0.6 is 0 Å². The molecule has 0 bridgehead atoms. The van der Waals surface area contributed by atoms with E-state index in [0.29, 0.717) is 0 Å². The second-order valence-corrected chi connectivity index (χ2v) is 12.1. The molecule has 0 heterocycles. The van der Waals surface area contributed by atoms with E-state index in [1.165, 1.54) is 89.9 Å². The molecule has 0 aromatic rings. The van der Waals surface area contributed by atoms with Crippen LogP contribution in [0, 0.1) is 41.4 Å². The summed E-state index contributed by atoms with van der Waals surface area (Å²) in [5.74, 6) is 6.35. The van der Waals surface area contributed by atoms with E-state index < -0.39 is 0 Å². The average molecular weight is 423 g/mol. The highest BCUT2D eigenvalue weighted by molar-refractivity contribution is 4.67. The van der Waals surface area contributed by atoms with Gasteiger partial charge in [-0.25, -0.2) is 0 Å². The maximum atomic E-state index is 2.50. The third-order valence-corrected chi connectivity index (χ3v) is 8.06. The SMILES string of the molecule is CCC(C)CCCCC(C)CCCC(C)CCCC(C)CCC(C)C(C)CC(C)C. The Bertz CT molecular complexity index is 357. The van der Waals surface area contributed by atoms with Gasteiger partial charge in [-0.1, -0.05) is 146 Å². The molecule has 0 amide bonds. The predicted molar refractivity (Wildman–Crippen MR) is 140 cm³/mol. The second-order valence-electron chi connectivity index (χ2n) is 12.1. The molecule has 0 aromatic carbocycles. The van der Waals surface area contributed by atoms with E-state index in [9.17, 15) is 0 Å². The van der Waals surface area contributed by atoms with Crippen molar-refractivity contribution < 1.29 is 0 Å². The lowest BCUT2D eigenvalue weighted by Gasteiger charge is -2.23. The van der Waals surface area contributed by atoms with Gasteiger partial charge in [0.25, 0.3) is 0 Å². The van der Waals surface area contributed by atoms with Crippen LogP contribution in [0.2, 0.25) is 0 Å². The molecule has 0 nitrogen and oxygen atoms in total. The number of unbranched alkanes of at least 4 members (excludes halogenated alkanes) is 1. The summed E-state index contributed by atoms with van der Waals surface area (Å²) in [7, 11) is 0. The molecule has 0 fully saturated rings. The molecule has 6 atom stereocenters. The van der Waals surface area contributed by atoms with Gasteiger partial charge in [0.15, 0.2) is 0 Å². The summed E-state index contributed by atoms with van der Waals surface area (Å²) in [5, 5.41) is 0. The first-order chi connectivity index (χ1) is 14.1. The monoisotopic (exact) mass is 422 g/mol. The third-order valence-electron chi connectivity index (χ3n) is 8.06. The van der Waals surface area contributed by atoms with Crippen LogP contribution in [0.1, 0.15) is 152 Å². The first-order valence-electron chi connectivity index (χ1n) is 14.1. The zero-order valence-corrected chi connectivity index (χ0v) is 22.9. The lowest BCUT2D eigenvalue weighted by molar-refractivity contribution is 0.283. The van der Waals surface area contributed by atoms with Crippen molar-refractivity contribution in [2.24, 2.45) is 41.4 Å². The Hall–Kier alpha value is 0. The molecule has 0 aliphatic carbocycles. The van der Waals surface area contributed by atoms with Crippen LogP contribution in [-0.2, 0) is 0 Å². The van der Waals surface area contributed by atoms with Gasteiger partial charge in [0.2, 0.25) is 0 Å². The summed E-state index contributed by atoms with van der Waals surface area (Å²) in [6.45, 7) is 21.9. The van der Waals surface area contributed by atoms with Crippen molar-refractivity contribution in [2.45, 2.75) is 152 Å². The van der Waals surface area contributed by atoms with Crippen LogP contribution in [0.4, 0.5) is 0 Å². The molecule has 0 spiro atoms. The van der Waals surface area contributed by atoms with Crippen LogP contribution in [-0.4, -0.2) is 0 Å². The molecule has 0 saturated carbocycles. The normalized spacial score (nSPS) is 18.2. The van der Waals surface area contributed by atoms with Gasteiger partial charge in [-0.15, -0.1) is 0 Å². The molecule has 0 aromatic heterocycles. The lowest BCUT2D eigenvalue weighted by Crippen LogP contribution is -2.12. The Labute approximate surface area is 193 Å². The Morgan fingerprint density at radius 2 is 0.800 bits per heavy atom. The molecule has 0 saturated heterocycles. The van der Waals surface area contributed by atoms with Crippen molar-refractivity contribution in [3.8, 4) is 0 Å². The van der Waals surface area contributed by atoms with E-state index in [1.807, 2.05) is 0 Å². The smallest absolute Gasteiger partial charge is 0.0415 e. The van der Waals surface area contributed by atoms with Crippen molar-refractivity contribution in [3.05, 3.63) is 0 Å². The maximum Gasteiger partial charge on any atom is -0.0415 e. The van der Waals surface area contributed by atoms with Gasteiger partial charge in [0, 0.05) is 0 Å². The molecular formula is C30H62. The summed E-state index contributed by atoms with van der Waals surface area (Å²) >= 11 is 0. The Morgan fingerprint density at radius 1 is 0.400 bits per heavy atom. The van der Waals surface area contributed by atoms with Crippen molar-refractivity contribution in [1.29, 1.82) is 0 Å². The summed E-state index contributed by atoms with van der Waals surface area (Å²) < 4.78 is 0. The summed E-state index contributed by atoms with van der Waals surface area (Å²) in [4.78, 5) is 0. The molecule has 182 valence electrons. The molecule has 0 rings (SSSR count). The van der Waals surface area contributed by atoms with Crippen LogP contribution in [0.15, 0.2) is 0 Å². The van der Waals surface area contributed by atoms with E-state index in [4.69, 9.17) is 0 Å². The first-order valence-corrected chi connectivity index (χ1v) is 14.1. The van der Waals surface area contributed by atoms with E-state index in [1.54, 1.807) is 0 Å². The van der Waals surface area contributed by atoms with Gasteiger partial charge in [0.05, 0.1) is 0 Å². The van der Waals surface area contributed by atoms with Gasteiger partial charge in [-0.2, -0.15) is 0 Å². The zero-order valence-electron chi connectivity index (χ0n) is 22.9. The van der Waals surface area contributed by atoms with Gasteiger partial charge >= 0.3 is 0 Å². The van der Waals surface area contributed by atoms with Crippen LogP contribution < -0.4 is 0 Å². The van der Waals surface area contributed by atoms with E-state index in [0.717, 1.165) is 41.4 Å². The van der Waals surface area contributed by atoms with Gasteiger partial charge in [0.1, 0.15) is 0 Å². The fourth-order valence-corrected chi connectivity index (χ4v) is 5.06. The van der Waals surface area contributed by atoms with Crippen molar-refractivity contribution in [3.63, 3.8) is 0 Å². The van der Waals surface area contributed by atoms with E-state index in [-0.39, 0.29) is 0 Å². The number of rotatable bonds is 20. The Balaban J connectivity index is 3.68. The minimum atomic E-state index is 0.846. The topological polar surface area (TPSA) is 0 Å². The van der Waals surface area contributed by atoms with Gasteiger partial charge < -0.3 is 0 Å². The van der Waals surface area contributed by atoms with Crippen LogP contribution in [0.3, 0.4) is 0 Å². The highest BCUT2D eigenvalue weighted by atomic mass is 14.2. The third kappa shape index (κ3) is 17.7. The molecule has 30 heavy (non-hydrogen) atoms. The van der Waals surface area contributed by atoms with Crippen LogP contribution in [0.5, 0.6) is 0 Å². The standard InChI is InChI=1S/C30H62/c1-10-25(4)15-11-12-16-26(5)17-13-18-27(6)19-14-20-28(7)21-22-29(8)30(9)23-24(2)3/h24-30H,10-23H2,1-9H3. The molecule has 0 heteroatoms. The minimum Gasteiger partial charge on any atom is -0.0651 e. The zero-order chi connectivity index (χ0) is 22.9. The highest BCUT2D eigenvalue weighted by Crippen LogP contribution is 2.27. The van der Waals surface area contributed by atoms with E-state index >= 15 is 0 Å². The fraction of sp³-hybridized carbons (Fsp3) is 1.00. The van der Waals surface area contributed by atoms with Crippen molar-refractivity contribution in [1.82, 2.24) is 0 Å². The minimum absolute atomic E-state index is 0.846. The summed E-state index contributed by atoms with van der Waals surface area (Å²) in [6.07, 6.45) is 20.1. The molecule has 0 N–H and O–H groups in total. The largest absolute Gasteiger partial charge is 0.0651 e. The van der Waals surface area contributed by atoms with Crippen LogP contribution in [0.25, 0.3) is 0 Å². The van der Waals surface area contributed by atoms with Gasteiger partial charge in [-0.05, 0) is 47.8 Å². The summed E-state index contributed by atoms with van der Waals surface area (Å²) in [5.41, 5.74) is 0. The first kappa shape index (κ1) is 30.0. The number of hydrogen-bond donors (Lipinski definition) is 0. The maximum absolute atomic E-state index is 2.50. The Kier molecular flexibility index (Phi) is 18.6. The summed E-state index contributed by atoms with van der Waals surface area (Å²) in [6, 6.07) is 0. The molecule has 6 unspecified atom stereocenters. The Morgan fingerprint density at radius 3 is 1.23 bits per heavy atom. The lowest BCUT2D eigenvalue weighted by atomic mass is 9.83.